The van der Waals surface area contributed by atoms with Crippen LogP contribution >= 0.6 is 11.6 Å². The van der Waals surface area contributed by atoms with Crippen molar-refractivity contribution in [1.82, 2.24) is 5.16 Å². The fraction of sp³-hybridized carbons (Fsp3) is 0.250. The monoisotopic (exact) mass is 318 g/mol. The second-order valence-electron chi connectivity index (χ2n) is 4.38. The number of aromatic nitrogens is 1. The number of nitrogens with zero attached hydrogens (tertiary/aromatic N) is 1. The largest absolute Gasteiger partial charge is 0.367 e. The van der Waals surface area contributed by atoms with Gasteiger partial charge in [-0.3, -0.25) is 0 Å². The Bertz CT molecular complexity index is 758. The quantitative estimate of drug-likeness (QED) is 0.940. The number of rotatable bonds is 3. The minimum Gasteiger partial charge on any atom is -0.367 e. The van der Waals surface area contributed by atoms with Crippen molar-refractivity contribution in [3.8, 4) is 11.1 Å². The zero-order valence-corrected chi connectivity index (χ0v) is 12.3. The average molecular weight is 319 g/mol. The molecular weight excluding hydrogens is 307 g/mol. The third-order valence-corrected chi connectivity index (χ3v) is 4.79. The smallest absolute Gasteiger partial charge is 0.230 e. The SMILES string of the molecule is CC(c1noc(N)c1-c1cccc(Cl)c1F)S(C)(=O)=O. The Labute approximate surface area is 120 Å². The maximum absolute atomic E-state index is 14.1. The number of sulfone groups is 1. The van der Waals surface area contributed by atoms with E-state index in [1.54, 1.807) is 0 Å². The van der Waals surface area contributed by atoms with E-state index >= 15 is 0 Å². The summed E-state index contributed by atoms with van der Waals surface area (Å²) in [5.74, 6) is -0.859. The lowest BCUT2D eigenvalue weighted by molar-refractivity contribution is 0.426. The first kappa shape index (κ1) is 14.8. The van der Waals surface area contributed by atoms with Crippen LogP contribution in [0.3, 0.4) is 0 Å². The van der Waals surface area contributed by atoms with E-state index in [0.29, 0.717) is 0 Å². The van der Waals surface area contributed by atoms with Crippen LogP contribution in [0, 0.1) is 5.82 Å². The molecule has 5 nitrogen and oxygen atoms in total. The van der Waals surface area contributed by atoms with Gasteiger partial charge in [0.15, 0.2) is 9.84 Å². The van der Waals surface area contributed by atoms with E-state index < -0.39 is 20.9 Å². The van der Waals surface area contributed by atoms with E-state index in [4.69, 9.17) is 21.9 Å². The van der Waals surface area contributed by atoms with Crippen molar-refractivity contribution in [2.75, 3.05) is 12.0 Å². The van der Waals surface area contributed by atoms with Gasteiger partial charge in [-0.25, -0.2) is 12.8 Å². The van der Waals surface area contributed by atoms with Crippen molar-refractivity contribution < 1.29 is 17.3 Å². The molecule has 2 aromatic rings. The summed E-state index contributed by atoms with van der Waals surface area (Å²) >= 11 is 5.72. The van der Waals surface area contributed by atoms with Crippen LogP contribution in [0.2, 0.25) is 5.02 Å². The van der Waals surface area contributed by atoms with Crippen LogP contribution in [0.25, 0.3) is 11.1 Å². The predicted molar refractivity (Wildman–Crippen MR) is 74.6 cm³/mol. The van der Waals surface area contributed by atoms with Gasteiger partial charge >= 0.3 is 0 Å². The summed E-state index contributed by atoms with van der Waals surface area (Å²) in [6.07, 6.45) is 1.06. The molecule has 1 unspecified atom stereocenters. The number of halogens is 2. The molecule has 0 bridgehead atoms. The average Bonchev–Trinajstić information content (AvgIpc) is 2.72. The van der Waals surface area contributed by atoms with Crippen LogP contribution in [-0.4, -0.2) is 19.8 Å². The number of anilines is 1. The molecule has 0 aliphatic heterocycles. The molecule has 20 heavy (non-hydrogen) atoms. The Hall–Kier alpha value is -1.60. The lowest BCUT2D eigenvalue weighted by Crippen LogP contribution is -2.09. The molecule has 0 aliphatic rings. The molecule has 1 aromatic heterocycles. The topological polar surface area (TPSA) is 86.2 Å². The van der Waals surface area contributed by atoms with Crippen molar-refractivity contribution in [2.45, 2.75) is 12.2 Å². The highest BCUT2D eigenvalue weighted by atomic mass is 35.5. The van der Waals surface area contributed by atoms with Crippen molar-refractivity contribution in [3.63, 3.8) is 0 Å². The fourth-order valence-corrected chi connectivity index (χ4v) is 2.50. The van der Waals surface area contributed by atoms with E-state index in [1.165, 1.54) is 25.1 Å². The second kappa shape index (κ2) is 5.06. The molecule has 1 aromatic carbocycles. The standard InChI is InChI=1S/C12H12ClFN2O3S/c1-6(20(2,17)18)11-9(12(15)19-16-11)7-4-3-5-8(13)10(7)14/h3-6H,15H2,1-2H3. The van der Waals surface area contributed by atoms with Gasteiger partial charge in [-0.1, -0.05) is 28.9 Å². The molecule has 1 atom stereocenters. The van der Waals surface area contributed by atoms with E-state index in [2.05, 4.69) is 5.16 Å². The minimum atomic E-state index is -3.43. The van der Waals surface area contributed by atoms with E-state index in [-0.39, 0.29) is 27.7 Å². The highest BCUT2D eigenvalue weighted by Crippen LogP contribution is 2.38. The summed E-state index contributed by atoms with van der Waals surface area (Å²) < 4.78 is 42.2. The molecule has 0 fully saturated rings. The summed E-state index contributed by atoms with van der Waals surface area (Å²) in [5, 5.41) is 2.57. The van der Waals surface area contributed by atoms with Crippen LogP contribution in [0.1, 0.15) is 17.9 Å². The molecule has 108 valence electrons. The van der Waals surface area contributed by atoms with Gasteiger partial charge in [-0.05, 0) is 13.0 Å². The highest BCUT2D eigenvalue weighted by Gasteiger charge is 2.28. The number of hydrogen-bond acceptors (Lipinski definition) is 5. The molecule has 0 spiro atoms. The molecule has 0 saturated carbocycles. The fourth-order valence-electron chi connectivity index (χ4n) is 1.76. The van der Waals surface area contributed by atoms with Crippen LogP contribution in [0.5, 0.6) is 0 Å². The van der Waals surface area contributed by atoms with Crippen LogP contribution in [-0.2, 0) is 9.84 Å². The van der Waals surface area contributed by atoms with Crippen molar-refractivity contribution >= 4 is 27.3 Å². The number of nitrogen functional groups attached to an aromatic ring is 1. The first-order valence-corrected chi connectivity index (χ1v) is 7.95. The first-order chi connectivity index (χ1) is 9.23. The highest BCUT2D eigenvalue weighted by molar-refractivity contribution is 7.90. The third kappa shape index (κ3) is 2.51. The Balaban J connectivity index is 2.70. The summed E-state index contributed by atoms with van der Waals surface area (Å²) in [7, 11) is -3.43. The molecule has 0 saturated heterocycles. The Morgan fingerprint density at radius 1 is 1.45 bits per heavy atom. The zero-order valence-electron chi connectivity index (χ0n) is 10.7. The summed E-state index contributed by atoms with van der Waals surface area (Å²) in [4.78, 5) is 0. The van der Waals surface area contributed by atoms with Crippen molar-refractivity contribution in [2.24, 2.45) is 0 Å². The van der Waals surface area contributed by atoms with Gasteiger partial charge in [-0.15, -0.1) is 0 Å². The predicted octanol–water partition coefficient (Wildman–Crippen LogP) is 2.82. The molecule has 0 aliphatic carbocycles. The van der Waals surface area contributed by atoms with E-state index in [1.807, 2.05) is 0 Å². The van der Waals surface area contributed by atoms with Crippen LogP contribution in [0.4, 0.5) is 10.3 Å². The van der Waals surface area contributed by atoms with Gasteiger partial charge in [0.25, 0.3) is 0 Å². The molecule has 2 N–H and O–H groups in total. The van der Waals surface area contributed by atoms with E-state index in [0.717, 1.165) is 6.26 Å². The van der Waals surface area contributed by atoms with Crippen molar-refractivity contribution in [1.29, 1.82) is 0 Å². The summed E-state index contributed by atoms with van der Waals surface area (Å²) in [6.45, 7) is 1.43. The van der Waals surface area contributed by atoms with Gasteiger partial charge in [-0.2, -0.15) is 0 Å². The van der Waals surface area contributed by atoms with Gasteiger partial charge < -0.3 is 10.3 Å². The molecule has 0 amide bonds. The van der Waals surface area contributed by atoms with Gasteiger partial charge in [0.05, 0.1) is 10.6 Å². The number of hydrogen-bond donors (Lipinski definition) is 1. The molecule has 0 radical (unpaired) electrons. The van der Waals surface area contributed by atoms with Gasteiger partial charge in [0, 0.05) is 11.8 Å². The summed E-state index contributed by atoms with van der Waals surface area (Å²) in [6, 6.07) is 4.34. The third-order valence-electron chi connectivity index (χ3n) is 2.99. The zero-order chi connectivity index (χ0) is 15.1. The normalized spacial score (nSPS) is 13.4. The van der Waals surface area contributed by atoms with Gasteiger partial charge in [0.2, 0.25) is 5.88 Å². The molecule has 1 heterocycles. The number of nitrogens with two attached hydrogens (primary N) is 1. The molecule has 8 heteroatoms. The lowest BCUT2D eigenvalue weighted by Gasteiger charge is -2.09. The van der Waals surface area contributed by atoms with Crippen LogP contribution < -0.4 is 5.73 Å². The van der Waals surface area contributed by atoms with E-state index in [9.17, 15) is 12.8 Å². The van der Waals surface area contributed by atoms with Crippen LogP contribution in [0.15, 0.2) is 22.7 Å². The second-order valence-corrected chi connectivity index (χ2v) is 7.15. The summed E-state index contributed by atoms with van der Waals surface area (Å²) in [5.41, 5.74) is 5.87. The Morgan fingerprint density at radius 2 is 2.10 bits per heavy atom. The van der Waals surface area contributed by atoms with Gasteiger partial charge in [0.1, 0.15) is 16.8 Å². The number of benzene rings is 1. The molecule has 2 rings (SSSR count). The molecular formula is C12H12ClFN2O3S. The Morgan fingerprint density at radius 3 is 2.70 bits per heavy atom. The lowest BCUT2D eigenvalue weighted by atomic mass is 10.0. The maximum Gasteiger partial charge on any atom is 0.230 e. The Kier molecular flexibility index (Phi) is 3.75. The minimum absolute atomic E-state index is 0.0572. The first-order valence-electron chi connectivity index (χ1n) is 5.61. The maximum atomic E-state index is 14.1. The van der Waals surface area contributed by atoms with Crippen molar-refractivity contribution in [3.05, 3.63) is 34.7 Å².